The molecule has 0 aliphatic carbocycles. The van der Waals surface area contributed by atoms with Gasteiger partial charge >= 0.3 is 0 Å². The van der Waals surface area contributed by atoms with Crippen molar-refractivity contribution in [1.29, 1.82) is 0 Å². The van der Waals surface area contributed by atoms with Crippen LogP contribution in [-0.2, 0) is 31.2 Å². The van der Waals surface area contributed by atoms with Crippen molar-refractivity contribution in [3.63, 3.8) is 0 Å². The van der Waals surface area contributed by atoms with Crippen molar-refractivity contribution in [2.45, 2.75) is 63.2 Å². The summed E-state index contributed by atoms with van der Waals surface area (Å²) in [5.74, 6) is 0. The van der Waals surface area contributed by atoms with Gasteiger partial charge in [0.1, 0.15) is 11.2 Å². The Kier molecular flexibility index (Phi) is 8.72. The van der Waals surface area contributed by atoms with Crippen molar-refractivity contribution in [2.24, 2.45) is 0 Å². The Labute approximate surface area is 203 Å². The van der Waals surface area contributed by atoms with Gasteiger partial charge in [0.2, 0.25) is 20.0 Å². The molecule has 0 aliphatic heterocycles. The molecule has 10 heteroatoms. The molecule has 34 heavy (non-hydrogen) atoms. The van der Waals surface area contributed by atoms with E-state index in [9.17, 15) is 27.0 Å². The molecule has 2 aromatic rings. The fraction of sp³-hybridized carbons (Fsp3) is 0.500. The van der Waals surface area contributed by atoms with Crippen molar-refractivity contribution >= 4 is 20.0 Å². The number of benzene rings is 2. The zero-order valence-corrected chi connectivity index (χ0v) is 22.2. The Morgan fingerprint density at radius 3 is 1.15 bits per heavy atom. The molecule has 0 aromatic heterocycles. The smallest absolute Gasteiger partial charge is 0.214 e. The van der Waals surface area contributed by atoms with Crippen LogP contribution in [0.1, 0.15) is 52.7 Å². The fourth-order valence-corrected chi connectivity index (χ4v) is 4.69. The number of nitrogens with one attached hydrogen (secondary N) is 2. The molecule has 2 aromatic carbocycles. The van der Waals surface area contributed by atoms with Crippen molar-refractivity contribution in [2.75, 3.05) is 13.1 Å². The van der Waals surface area contributed by atoms with Gasteiger partial charge in [-0.05, 0) is 63.8 Å². The van der Waals surface area contributed by atoms with Crippen molar-refractivity contribution in [3.05, 3.63) is 59.7 Å². The van der Waals surface area contributed by atoms with Gasteiger partial charge in [0.15, 0.2) is 0 Å². The van der Waals surface area contributed by atoms with Crippen LogP contribution >= 0.6 is 0 Å². The molecule has 0 bridgehead atoms. The van der Waals surface area contributed by atoms with Crippen molar-refractivity contribution in [3.8, 4) is 11.1 Å². The van der Waals surface area contributed by atoms with Crippen LogP contribution in [-0.4, -0.2) is 50.6 Å². The first-order valence-corrected chi connectivity index (χ1v) is 14.2. The summed E-state index contributed by atoms with van der Waals surface area (Å²) in [5.41, 5.74) is 0.112. The van der Waals surface area contributed by atoms with E-state index in [1.807, 2.05) is 24.3 Å². The minimum Gasteiger partial charge on any atom is -0.384 e. The van der Waals surface area contributed by atoms with E-state index in [0.29, 0.717) is 11.1 Å². The Bertz CT molecular complexity index is 1070. The Hall–Kier alpha value is -1.82. The second-order valence-corrected chi connectivity index (χ2v) is 14.2. The van der Waals surface area contributed by atoms with Gasteiger partial charge in [0, 0.05) is 13.1 Å². The molecule has 0 radical (unpaired) electrons. The number of hydrogen-bond acceptors (Lipinski definition) is 6. The molecule has 0 heterocycles. The normalized spacial score (nSPS) is 16.4. The van der Waals surface area contributed by atoms with Gasteiger partial charge in [-0.15, -0.1) is 0 Å². The molecule has 0 amide bonds. The predicted octanol–water partition coefficient (Wildman–Crippen LogP) is 2.42. The number of aliphatic hydroxyl groups is 2. The van der Waals surface area contributed by atoms with Gasteiger partial charge in [-0.2, -0.15) is 0 Å². The van der Waals surface area contributed by atoms with E-state index in [1.54, 1.807) is 65.8 Å². The lowest BCUT2D eigenvalue weighted by Gasteiger charge is -2.25. The Balaban J connectivity index is 2.13. The average Bonchev–Trinajstić information content (AvgIpc) is 2.77. The standard InChI is InChI=1S/C24H36N2O6S2/c1-17(2)33(29,30)25-15-23(5,27)21-11-7-19(8-12-21)20-9-13-22(14-10-20)24(6,28)16-26-34(31,32)18(3)4/h7-14,17-18,25-28H,15-16H2,1-6H3. The molecule has 0 spiro atoms. The van der Waals surface area contributed by atoms with Gasteiger partial charge < -0.3 is 10.2 Å². The summed E-state index contributed by atoms with van der Waals surface area (Å²) < 4.78 is 52.9. The lowest BCUT2D eigenvalue weighted by atomic mass is 9.92. The van der Waals surface area contributed by atoms with Gasteiger partial charge in [0.25, 0.3) is 0 Å². The summed E-state index contributed by atoms with van der Waals surface area (Å²) in [4.78, 5) is 0. The maximum absolute atomic E-state index is 12.0. The van der Waals surface area contributed by atoms with Gasteiger partial charge in [0.05, 0.1) is 10.5 Å². The van der Waals surface area contributed by atoms with Crippen LogP contribution in [0.15, 0.2) is 48.5 Å². The van der Waals surface area contributed by atoms with E-state index in [0.717, 1.165) is 11.1 Å². The number of sulfonamides is 2. The third kappa shape index (κ3) is 7.10. The molecule has 4 N–H and O–H groups in total. The second kappa shape index (κ2) is 10.4. The van der Waals surface area contributed by atoms with Crippen LogP contribution in [0.5, 0.6) is 0 Å². The first-order valence-electron chi connectivity index (χ1n) is 11.1. The molecular weight excluding hydrogens is 476 g/mol. The zero-order valence-electron chi connectivity index (χ0n) is 20.5. The topological polar surface area (TPSA) is 133 Å². The lowest BCUT2D eigenvalue weighted by Crippen LogP contribution is -2.41. The van der Waals surface area contributed by atoms with Crippen molar-refractivity contribution < 1.29 is 27.0 Å². The molecule has 0 saturated carbocycles. The maximum atomic E-state index is 12.0. The predicted molar refractivity (Wildman–Crippen MR) is 135 cm³/mol. The van der Waals surface area contributed by atoms with E-state index in [2.05, 4.69) is 9.44 Å². The highest BCUT2D eigenvalue weighted by atomic mass is 32.2. The van der Waals surface area contributed by atoms with E-state index in [4.69, 9.17) is 0 Å². The molecule has 2 rings (SSSR count). The molecule has 0 aliphatic rings. The summed E-state index contributed by atoms with van der Waals surface area (Å²) in [5, 5.41) is 20.3. The number of rotatable bonds is 11. The lowest BCUT2D eigenvalue weighted by molar-refractivity contribution is 0.0623. The van der Waals surface area contributed by atoms with Crippen LogP contribution in [0, 0.1) is 0 Å². The fourth-order valence-electron chi connectivity index (χ4n) is 3.06. The summed E-state index contributed by atoms with van der Waals surface area (Å²) in [6.45, 7) is 9.10. The monoisotopic (exact) mass is 512 g/mol. The molecular formula is C24H36N2O6S2. The quantitative estimate of drug-likeness (QED) is 0.366. The van der Waals surface area contributed by atoms with Gasteiger partial charge in [-0.1, -0.05) is 48.5 Å². The summed E-state index contributed by atoms with van der Waals surface area (Å²) >= 11 is 0. The zero-order chi connectivity index (χ0) is 25.9. The van der Waals surface area contributed by atoms with Crippen LogP contribution in [0.3, 0.4) is 0 Å². The highest BCUT2D eigenvalue weighted by Gasteiger charge is 2.28. The van der Waals surface area contributed by atoms with Crippen LogP contribution < -0.4 is 9.44 Å². The third-order valence-electron chi connectivity index (χ3n) is 5.82. The molecule has 190 valence electrons. The van der Waals surface area contributed by atoms with E-state index >= 15 is 0 Å². The van der Waals surface area contributed by atoms with Gasteiger partial charge in [-0.3, -0.25) is 0 Å². The SMILES string of the molecule is CC(C)S(=O)(=O)NCC(C)(O)c1ccc(-c2ccc(C(C)(O)CNS(=O)(=O)C(C)C)cc2)cc1. The van der Waals surface area contributed by atoms with E-state index in [1.165, 1.54) is 0 Å². The van der Waals surface area contributed by atoms with Crippen LogP contribution in [0.2, 0.25) is 0 Å². The maximum Gasteiger partial charge on any atom is 0.214 e. The highest BCUT2D eigenvalue weighted by Crippen LogP contribution is 2.28. The molecule has 2 atom stereocenters. The summed E-state index contributed by atoms with van der Waals surface area (Å²) in [6.07, 6.45) is 0. The van der Waals surface area contributed by atoms with Gasteiger partial charge in [-0.25, -0.2) is 26.3 Å². The summed E-state index contributed by atoms with van der Waals surface area (Å²) in [6, 6.07) is 14.3. The molecule has 0 saturated heterocycles. The minimum absolute atomic E-state index is 0.142. The third-order valence-corrected chi connectivity index (χ3v) is 9.40. The van der Waals surface area contributed by atoms with E-state index < -0.39 is 41.7 Å². The largest absolute Gasteiger partial charge is 0.384 e. The first kappa shape index (κ1) is 28.4. The molecule has 0 fully saturated rings. The Morgan fingerprint density at radius 1 is 0.647 bits per heavy atom. The van der Waals surface area contributed by atoms with Crippen molar-refractivity contribution in [1.82, 2.24) is 9.44 Å². The highest BCUT2D eigenvalue weighted by molar-refractivity contribution is 7.90. The second-order valence-electron chi connectivity index (χ2n) is 9.53. The minimum atomic E-state index is -3.49. The van der Waals surface area contributed by atoms with Crippen LogP contribution in [0.25, 0.3) is 11.1 Å². The average molecular weight is 513 g/mol. The Morgan fingerprint density at radius 2 is 0.912 bits per heavy atom. The number of hydrogen-bond donors (Lipinski definition) is 4. The van der Waals surface area contributed by atoms with E-state index in [-0.39, 0.29) is 13.1 Å². The molecule has 2 unspecified atom stereocenters. The first-order chi connectivity index (χ1) is 15.5. The summed E-state index contributed by atoms with van der Waals surface area (Å²) in [7, 11) is -6.98. The van der Waals surface area contributed by atoms with Crippen LogP contribution in [0.4, 0.5) is 0 Å². The molecule has 8 nitrogen and oxygen atoms in total.